The highest BCUT2D eigenvalue weighted by atomic mass is 16.3. The molecule has 16 heavy (non-hydrogen) atoms. The fraction of sp³-hybridized carbons (Fsp3) is 0.286. The Morgan fingerprint density at radius 1 is 1.12 bits per heavy atom. The molecule has 0 radical (unpaired) electrons. The third kappa shape index (κ3) is 10.3. The van der Waals surface area contributed by atoms with Gasteiger partial charge in [0.25, 0.3) is 0 Å². The molecule has 2 heteroatoms. The smallest absolute Gasteiger partial charge is 0.0745 e. The normalized spacial score (nSPS) is 12.4. The van der Waals surface area contributed by atoms with E-state index >= 15 is 0 Å². The van der Waals surface area contributed by atoms with E-state index in [1.54, 1.807) is 30.4 Å². The average Bonchev–Trinajstić information content (AvgIpc) is 2.27. The molecule has 0 aromatic rings. The Balaban J connectivity index is 3.90. The minimum Gasteiger partial charge on any atom is -0.396 e. The summed E-state index contributed by atoms with van der Waals surface area (Å²) in [6.07, 6.45) is 9.97. The van der Waals surface area contributed by atoms with E-state index in [9.17, 15) is 5.11 Å². The van der Waals surface area contributed by atoms with Crippen LogP contribution in [0, 0.1) is 23.7 Å². The second-order valence-corrected chi connectivity index (χ2v) is 2.86. The summed E-state index contributed by atoms with van der Waals surface area (Å²) in [7, 11) is 0. The third-order valence-electron chi connectivity index (χ3n) is 1.51. The van der Waals surface area contributed by atoms with Crippen LogP contribution in [0.5, 0.6) is 0 Å². The van der Waals surface area contributed by atoms with Crippen molar-refractivity contribution in [1.82, 2.24) is 0 Å². The first-order chi connectivity index (χ1) is 7.81. The maximum atomic E-state index is 9.20. The molecule has 0 aromatic carbocycles. The lowest BCUT2D eigenvalue weighted by atomic mass is 10.2. The van der Waals surface area contributed by atoms with Crippen molar-refractivity contribution in [2.45, 2.75) is 19.4 Å². The monoisotopic (exact) mass is 216 g/mol. The summed E-state index contributed by atoms with van der Waals surface area (Å²) in [6, 6.07) is 0. The lowest BCUT2D eigenvalue weighted by molar-refractivity contribution is 0.170. The molecule has 84 valence electrons. The minimum atomic E-state index is -0.600. The summed E-state index contributed by atoms with van der Waals surface area (Å²) in [6.45, 7) is 1.88. The Morgan fingerprint density at radius 3 is 2.44 bits per heavy atom. The molecule has 0 aromatic heterocycles. The molecule has 2 nitrogen and oxygen atoms in total. The predicted molar refractivity (Wildman–Crippen MR) is 66.4 cm³/mol. The molecule has 0 spiro atoms. The number of allylic oxidation sites excluding steroid dienone is 5. The van der Waals surface area contributed by atoms with Gasteiger partial charge in [-0.15, -0.1) is 0 Å². The molecule has 0 aliphatic heterocycles. The second kappa shape index (κ2) is 11.3. The number of aliphatic hydroxyl groups excluding tert-OH is 2. The Bertz CT molecular complexity index is 367. The fourth-order valence-corrected chi connectivity index (χ4v) is 0.763. The third-order valence-corrected chi connectivity index (χ3v) is 1.51. The van der Waals surface area contributed by atoms with Crippen LogP contribution in [-0.4, -0.2) is 22.9 Å². The van der Waals surface area contributed by atoms with Gasteiger partial charge in [-0.25, -0.2) is 0 Å². The van der Waals surface area contributed by atoms with E-state index in [4.69, 9.17) is 5.11 Å². The molecular weight excluding hydrogens is 200 g/mol. The largest absolute Gasteiger partial charge is 0.396 e. The van der Waals surface area contributed by atoms with E-state index in [1.807, 2.05) is 13.0 Å². The van der Waals surface area contributed by atoms with Crippen LogP contribution in [0.4, 0.5) is 0 Å². The Hall–Kier alpha value is -1.74. The molecule has 1 unspecified atom stereocenters. The lowest BCUT2D eigenvalue weighted by Crippen LogP contribution is -2.03. The molecule has 0 aliphatic carbocycles. The van der Waals surface area contributed by atoms with E-state index in [1.165, 1.54) is 0 Å². The fourth-order valence-electron chi connectivity index (χ4n) is 0.763. The zero-order valence-electron chi connectivity index (χ0n) is 9.35. The van der Waals surface area contributed by atoms with Gasteiger partial charge in [0.15, 0.2) is 0 Å². The van der Waals surface area contributed by atoms with Gasteiger partial charge in [0.1, 0.15) is 0 Å². The van der Waals surface area contributed by atoms with E-state index in [2.05, 4.69) is 23.7 Å². The van der Waals surface area contributed by atoms with Gasteiger partial charge in [0.2, 0.25) is 0 Å². The zero-order valence-corrected chi connectivity index (χ0v) is 9.35. The molecule has 0 amide bonds. The molecule has 1 atom stereocenters. The van der Waals surface area contributed by atoms with Gasteiger partial charge in [-0.2, -0.15) is 0 Å². The molecule has 2 N–H and O–H groups in total. The molecule has 0 heterocycles. The van der Waals surface area contributed by atoms with Gasteiger partial charge in [0.05, 0.1) is 6.10 Å². The summed E-state index contributed by atoms with van der Waals surface area (Å²) < 4.78 is 0. The quantitative estimate of drug-likeness (QED) is 0.551. The van der Waals surface area contributed by atoms with Crippen molar-refractivity contribution in [3.63, 3.8) is 0 Å². The van der Waals surface area contributed by atoms with Gasteiger partial charge in [-0.05, 0) is 37.3 Å². The van der Waals surface area contributed by atoms with Crippen LogP contribution < -0.4 is 0 Å². The van der Waals surface area contributed by atoms with Crippen molar-refractivity contribution in [1.29, 1.82) is 0 Å². The van der Waals surface area contributed by atoms with Crippen molar-refractivity contribution in [2.24, 2.45) is 0 Å². The van der Waals surface area contributed by atoms with Gasteiger partial charge in [-0.3, -0.25) is 0 Å². The summed E-state index contributed by atoms with van der Waals surface area (Å²) in [5.41, 5.74) is 0. The van der Waals surface area contributed by atoms with E-state index in [0.29, 0.717) is 6.42 Å². The van der Waals surface area contributed by atoms with E-state index in [-0.39, 0.29) is 6.61 Å². The van der Waals surface area contributed by atoms with Crippen molar-refractivity contribution < 1.29 is 10.2 Å². The number of hydrogen-bond donors (Lipinski definition) is 2. The number of aliphatic hydroxyl groups is 2. The SMILES string of the molecule is CC=CC#CC#CC=CC=CC(O)CCO. The highest BCUT2D eigenvalue weighted by Crippen LogP contribution is 1.91. The summed E-state index contributed by atoms with van der Waals surface area (Å²) in [4.78, 5) is 0. The van der Waals surface area contributed by atoms with Crippen molar-refractivity contribution in [3.05, 3.63) is 36.5 Å². The lowest BCUT2D eigenvalue weighted by Gasteiger charge is -1.98. The van der Waals surface area contributed by atoms with Crippen LogP contribution in [-0.2, 0) is 0 Å². The molecule has 0 rings (SSSR count). The van der Waals surface area contributed by atoms with Gasteiger partial charge < -0.3 is 10.2 Å². The van der Waals surface area contributed by atoms with Gasteiger partial charge in [0, 0.05) is 6.61 Å². The number of rotatable bonds is 4. The Labute approximate surface area is 97.0 Å². The minimum absolute atomic E-state index is 0.0183. The molecule has 0 aliphatic rings. The van der Waals surface area contributed by atoms with Crippen molar-refractivity contribution in [2.75, 3.05) is 6.61 Å². The van der Waals surface area contributed by atoms with E-state index < -0.39 is 6.10 Å². The van der Waals surface area contributed by atoms with Crippen LogP contribution in [0.15, 0.2) is 36.5 Å². The van der Waals surface area contributed by atoms with Crippen LogP contribution >= 0.6 is 0 Å². The maximum absolute atomic E-state index is 9.20. The van der Waals surface area contributed by atoms with Crippen LogP contribution in [0.1, 0.15) is 13.3 Å². The number of hydrogen-bond acceptors (Lipinski definition) is 2. The second-order valence-electron chi connectivity index (χ2n) is 2.86. The molecule has 0 bridgehead atoms. The molecular formula is C14H16O2. The average molecular weight is 216 g/mol. The van der Waals surface area contributed by atoms with Gasteiger partial charge in [-0.1, -0.05) is 36.1 Å². The zero-order chi connectivity index (χ0) is 12.1. The highest BCUT2D eigenvalue weighted by molar-refractivity contribution is 5.34. The summed E-state index contributed by atoms with van der Waals surface area (Å²) >= 11 is 0. The first-order valence-electron chi connectivity index (χ1n) is 5.05. The Kier molecular flexibility index (Phi) is 10.1. The van der Waals surface area contributed by atoms with Crippen molar-refractivity contribution in [3.8, 4) is 23.7 Å². The molecule has 0 saturated heterocycles. The van der Waals surface area contributed by atoms with E-state index in [0.717, 1.165) is 0 Å². The topological polar surface area (TPSA) is 40.5 Å². The van der Waals surface area contributed by atoms with Crippen LogP contribution in [0.3, 0.4) is 0 Å². The molecule has 0 fully saturated rings. The summed E-state index contributed by atoms with van der Waals surface area (Å²) in [5, 5.41) is 17.7. The first kappa shape index (κ1) is 14.3. The van der Waals surface area contributed by atoms with Crippen LogP contribution in [0.2, 0.25) is 0 Å². The van der Waals surface area contributed by atoms with Crippen molar-refractivity contribution >= 4 is 0 Å². The Morgan fingerprint density at radius 2 is 1.81 bits per heavy atom. The molecule has 0 saturated carbocycles. The highest BCUT2D eigenvalue weighted by Gasteiger charge is 1.93. The maximum Gasteiger partial charge on any atom is 0.0745 e. The van der Waals surface area contributed by atoms with Crippen LogP contribution in [0.25, 0.3) is 0 Å². The first-order valence-corrected chi connectivity index (χ1v) is 5.05. The standard InChI is InChI=1S/C14H16O2/c1-2-3-4-5-6-7-8-9-10-11-14(16)12-13-15/h2-3,8-11,14-16H,12-13H2,1H3. The summed E-state index contributed by atoms with van der Waals surface area (Å²) in [5.74, 6) is 10.8. The predicted octanol–water partition coefficient (Wildman–Crippen LogP) is 1.42. The van der Waals surface area contributed by atoms with Gasteiger partial charge >= 0.3 is 0 Å².